The quantitative estimate of drug-likeness (QED) is 0.549. The van der Waals surface area contributed by atoms with Gasteiger partial charge >= 0.3 is 0 Å². The molecule has 7 heteroatoms. The minimum Gasteiger partial charge on any atom is -0.506 e. The van der Waals surface area contributed by atoms with E-state index in [-0.39, 0.29) is 5.75 Å². The second-order valence-electron chi connectivity index (χ2n) is 4.01. The van der Waals surface area contributed by atoms with Gasteiger partial charge in [0.25, 0.3) is 0 Å². The number of nitrogens with one attached hydrogen (secondary N) is 1. The van der Waals surface area contributed by atoms with E-state index in [0.29, 0.717) is 36.2 Å². The predicted octanol–water partition coefficient (Wildman–Crippen LogP) is 6.49. The summed E-state index contributed by atoms with van der Waals surface area (Å²) in [6.45, 7) is 0.499. The van der Waals surface area contributed by atoms with Gasteiger partial charge in [0.15, 0.2) is 0 Å². The van der Waals surface area contributed by atoms with Crippen molar-refractivity contribution in [3.63, 3.8) is 0 Å². The van der Waals surface area contributed by atoms with Gasteiger partial charge < -0.3 is 10.4 Å². The molecule has 0 unspecified atom stereocenters. The van der Waals surface area contributed by atoms with Crippen LogP contribution < -0.4 is 5.32 Å². The van der Waals surface area contributed by atoms with Crippen LogP contribution in [0.4, 0.5) is 5.69 Å². The fourth-order valence-electron chi connectivity index (χ4n) is 1.62. The average molecular weight is 460 g/mol. The van der Waals surface area contributed by atoms with E-state index < -0.39 is 0 Å². The molecular formula is C13H8Br2Cl3NO. The molecule has 2 aromatic rings. The van der Waals surface area contributed by atoms with Crippen molar-refractivity contribution in [1.29, 1.82) is 0 Å². The Morgan fingerprint density at radius 2 is 1.45 bits per heavy atom. The zero-order chi connectivity index (χ0) is 14.9. The van der Waals surface area contributed by atoms with Gasteiger partial charge in [-0.25, -0.2) is 0 Å². The summed E-state index contributed by atoms with van der Waals surface area (Å²) in [7, 11) is 0. The molecule has 2 N–H and O–H groups in total. The van der Waals surface area contributed by atoms with Crippen LogP contribution in [0, 0.1) is 0 Å². The highest BCUT2D eigenvalue weighted by molar-refractivity contribution is 9.11. The van der Waals surface area contributed by atoms with E-state index in [1.54, 1.807) is 12.1 Å². The van der Waals surface area contributed by atoms with Crippen LogP contribution in [0.15, 0.2) is 33.2 Å². The molecule has 0 spiro atoms. The lowest BCUT2D eigenvalue weighted by Crippen LogP contribution is -2.01. The SMILES string of the molecule is Oc1c(Br)cc(CNc2c(Cl)cc(Cl)cc2Cl)cc1Br. The first kappa shape index (κ1) is 16.2. The number of hydrogen-bond acceptors (Lipinski definition) is 2. The number of phenols is 1. The van der Waals surface area contributed by atoms with Gasteiger partial charge in [0.1, 0.15) is 5.75 Å². The molecule has 106 valence electrons. The molecular weight excluding hydrogens is 452 g/mol. The smallest absolute Gasteiger partial charge is 0.143 e. The number of rotatable bonds is 3. The molecule has 2 rings (SSSR count). The molecule has 0 aromatic heterocycles. The fraction of sp³-hybridized carbons (Fsp3) is 0.0769. The van der Waals surface area contributed by atoms with Gasteiger partial charge in [-0.05, 0) is 61.7 Å². The third-order valence-corrected chi connectivity index (χ3v) is 4.58. The third kappa shape index (κ3) is 3.74. The van der Waals surface area contributed by atoms with Crippen molar-refractivity contribution in [3.05, 3.63) is 53.8 Å². The minimum absolute atomic E-state index is 0.163. The van der Waals surface area contributed by atoms with Crippen LogP contribution >= 0.6 is 66.7 Å². The number of aromatic hydroxyl groups is 1. The molecule has 0 amide bonds. The lowest BCUT2D eigenvalue weighted by Gasteiger charge is -2.12. The van der Waals surface area contributed by atoms with Crippen LogP contribution in [0.2, 0.25) is 15.1 Å². The van der Waals surface area contributed by atoms with Crippen LogP contribution in [0.25, 0.3) is 0 Å². The zero-order valence-corrected chi connectivity index (χ0v) is 15.3. The normalized spacial score (nSPS) is 10.7. The van der Waals surface area contributed by atoms with Crippen molar-refractivity contribution >= 4 is 72.4 Å². The molecule has 0 bridgehead atoms. The van der Waals surface area contributed by atoms with Crippen molar-refractivity contribution in [2.75, 3.05) is 5.32 Å². The van der Waals surface area contributed by atoms with E-state index in [9.17, 15) is 5.11 Å². The van der Waals surface area contributed by atoms with Gasteiger partial charge in [0, 0.05) is 11.6 Å². The fourth-order valence-corrected chi connectivity index (χ4v) is 3.85. The minimum atomic E-state index is 0.163. The lowest BCUT2D eigenvalue weighted by atomic mass is 10.2. The van der Waals surface area contributed by atoms with E-state index in [4.69, 9.17) is 34.8 Å². The van der Waals surface area contributed by atoms with Crippen molar-refractivity contribution in [2.24, 2.45) is 0 Å². The highest BCUT2D eigenvalue weighted by Gasteiger charge is 2.09. The molecule has 0 saturated heterocycles. The maximum atomic E-state index is 9.66. The monoisotopic (exact) mass is 457 g/mol. The van der Waals surface area contributed by atoms with Crippen molar-refractivity contribution in [2.45, 2.75) is 6.54 Å². The second kappa shape index (κ2) is 6.75. The Kier molecular flexibility index (Phi) is 5.49. The lowest BCUT2D eigenvalue weighted by molar-refractivity contribution is 0.468. The van der Waals surface area contributed by atoms with E-state index in [0.717, 1.165) is 5.56 Å². The Hall–Kier alpha value is -0.130. The molecule has 0 atom stereocenters. The van der Waals surface area contributed by atoms with Crippen molar-refractivity contribution in [3.8, 4) is 5.75 Å². The molecule has 0 aliphatic rings. The third-order valence-electron chi connectivity index (χ3n) is 2.55. The highest BCUT2D eigenvalue weighted by atomic mass is 79.9. The van der Waals surface area contributed by atoms with Crippen LogP contribution in [0.3, 0.4) is 0 Å². The first-order valence-corrected chi connectivity index (χ1v) is 8.15. The van der Waals surface area contributed by atoms with Gasteiger partial charge in [-0.2, -0.15) is 0 Å². The Morgan fingerprint density at radius 1 is 0.950 bits per heavy atom. The summed E-state index contributed by atoms with van der Waals surface area (Å²) in [5, 5.41) is 14.2. The van der Waals surface area contributed by atoms with Gasteiger partial charge in [0.05, 0.1) is 24.7 Å². The standard InChI is InChI=1S/C13H8Br2Cl3NO/c14-8-1-6(2-9(15)13(8)20)5-19-12-10(17)3-7(16)4-11(12)18/h1-4,19-20H,5H2. The zero-order valence-electron chi connectivity index (χ0n) is 9.85. The number of anilines is 1. The summed E-state index contributed by atoms with van der Waals surface area (Å²) >= 11 is 24.6. The molecule has 2 nitrogen and oxygen atoms in total. The van der Waals surface area contributed by atoms with Crippen LogP contribution in [-0.4, -0.2) is 5.11 Å². The molecule has 0 fully saturated rings. The van der Waals surface area contributed by atoms with Crippen LogP contribution in [-0.2, 0) is 6.54 Å². The first-order valence-electron chi connectivity index (χ1n) is 5.44. The molecule has 0 aliphatic heterocycles. The summed E-state index contributed by atoms with van der Waals surface area (Å²) in [4.78, 5) is 0. The van der Waals surface area contributed by atoms with E-state index >= 15 is 0 Å². The maximum absolute atomic E-state index is 9.66. The van der Waals surface area contributed by atoms with E-state index in [1.807, 2.05) is 12.1 Å². The van der Waals surface area contributed by atoms with Crippen LogP contribution in [0.1, 0.15) is 5.56 Å². The average Bonchev–Trinajstić information content (AvgIpc) is 2.34. The van der Waals surface area contributed by atoms with E-state index in [2.05, 4.69) is 37.2 Å². The molecule has 0 radical (unpaired) electrons. The predicted molar refractivity (Wildman–Crippen MR) is 92.3 cm³/mol. The number of phenolic OH excluding ortho intramolecular Hbond substituents is 1. The molecule has 2 aromatic carbocycles. The van der Waals surface area contributed by atoms with Crippen molar-refractivity contribution < 1.29 is 5.11 Å². The maximum Gasteiger partial charge on any atom is 0.143 e. The highest BCUT2D eigenvalue weighted by Crippen LogP contribution is 2.36. The van der Waals surface area contributed by atoms with Crippen molar-refractivity contribution in [1.82, 2.24) is 0 Å². The Labute approximate surface area is 148 Å². The Bertz CT molecular complexity index is 618. The van der Waals surface area contributed by atoms with Gasteiger partial charge in [-0.15, -0.1) is 0 Å². The number of halogens is 5. The second-order valence-corrected chi connectivity index (χ2v) is 6.97. The van der Waals surface area contributed by atoms with Gasteiger partial charge in [-0.1, -0.05) is 34.8 Å². The summed E-state index contributed by atoms with van der Waals surface area (Å²) < 4.78 is 1.22. The molecule has 0 saturated carbocycles. The molecule has 0 aliphatic carbocycles. The summed E-state index contributed by atoms with van der Waals surface area (Å²) in [6, 6.07) is 6.87. The summed E-state index contributed by atoms with van der Waals surface area (Å²) in [6.07, 6.45) is 0. The largest absolute Gasteiger partial charge is 0.506 e. The number of benzene rings is 2. The summed E-state index contributed by atoms with van der Waals surface area (Å²) in [5.41, 5.74) is 1.57. The molecule has 20 heavy (non-hydrogen) atoms. The Balaban J connectivity index is 2.21. The van der Waals surface area contributed by atoms with Gasteiger partial charge in [0.2, 0.25) is 0 Å². The Morgan fingerprint density at radius 3 is 1.95 bits per heavy atom. The van der Waals surface area contributed by atoms with Gasteiger partial charge in [-0.3, -0.25) is 0 Å². The van der Waals surface area contributed by atoms with E-state index in [1.165, 1.54) is 0 Å². The summed E-state index contributed by atoms with van der Waals surface area (Å²) in [5.74, 6) is 0.163. The first-order chi connectivity index (χ1) is 9.38. The topological polar surface area (TPSA) is 32.3 Å². The molecule has 0 heterocycles. The van der Waals surface area contributed by atoms with Crippen LogP contribution in [0.5, 0.6) is 5.75 Å². The number of hydrogen-bond donors (Lipinski definition) is 2.